The maximum Gasteiger partial charge on any atom is 0.231 e. The van der Waals surface area contributed by atoms with Gasteiger partial charge in [-0.05, 0) is 17.7 Å². The van der Waals surface area contributed by atoms with Gasteiger partial charge in [-0.2, -0.15) is 9.61 Å². The molecule has 3 heterocycles. The summed E-state index contributed by atoms with van der Waals surface area (Å²) < 4.78 is 39.9. The zero-order valence-corrected chi connectivity index (χ0v) is 12.7. The molecule has 5 rings (SSSR count). The van der Waals surface area contributed by atoms with Crippen molar-refractivity contribution in [3.63, 3.8) is 0 Å². The minimum Gasteiger partial charge on any atom is -0.454 e. The molecule has 4 aromatic rings. The van der Waals surface area contributed by atoms with Gasteiger partial charge in [0, 0.05) is 18.6 Å². The largest absolute Gasteiger partial charge is 0.454 e. The van der Waals surface area contributed by atoms with E-state index in [9.17, 15) is 8.78 Å². The molecular weight excluding hydrogens is 330 g/mol. The van der Waals surface area contributed by atoms with Gasteiger partial charge in [-0.15, -0.1) is 0 Å². The first-order chi connectivity index (χ1) is 12.2. The van der Waals surface area contributed by atoms with Crippen LogP contribution in [-0.4, -0.2) is 26.4 Å². The van der Waals surface area contributed by atoms with Crippen molar-refractivity contribution in [2.24, 2.45) is 0 Å². The number of hydrogen-bond donors (Lipinski definition) is 0. The number of nitrogens with zero attached hydrogens (tertiary/aromatic N) is 4. The average molecular weight is 340 g/mol. The van der Waals surface area contributed by atoms with Crippen molar-refractivity contribution in [2.75, 3.05) is 6.79 Å². The van der Waals surface area contributed by atoms with E-state index in [0.717, 1.165) is 11.6 Å². The summed E-state index contributed by atoms with van der Waals surface area (Å²) in [5, 5.41) is 4.27. The second-order valence-electron chi connectivity index (χ2n) is 5.67. The van der Waals surface area contributed by atoms with Crippen LogP contribution < -0.4 is 9.47 Å². The SMILES string of the molecule is Fc1cc(F)c2c(c1)nc(Cc1ccc3c(c1)OCO3)n1ncnc21. The molecule has 0 bridgehead atoms. The Balaban J connectivity index is 1.68. The molecule has 0 saturated carbocycles. The third-order valence-corrected chi connectivity index (χ3v) is 4.10. The van der Waals surface area contributed by atoms with E-state index in [1.807, 2.05) is 18.2 Å². The fourth-order valence-electron chi connectivity index (χ4n) is 3.00. The van der Waals surface area contributed by atoms with E-state index in [1.54, 1.807) is 0 Å². The van der Waals surface area contributed by atoms with Gasteiger partial charge in [0.2, 0.25) is 6.79 Å². The molecule has 0 aliphatic carbocycles. The van der Waals surface area contributed by atoms with Gasteiger partial charge in [-0.3, -0.25) is 0 Å². The summed E-state index contributed by atoms with van der Waals surface area (Å²) >= 11 is 0. The summed E-state index contributed by atoms with van der Waals surface area (Å²) in [7, 11) is 0. The van der Waals surface area contributed by atoms with Crippen LogP contribution in [0.4, 0.5) is 8.78 Å². The fraction of sp³-hybridized carbons (Fsp3) is 0.118. The van der Waals surface area contributed by atoms with E-state index < -0.39 is 11.6 Å². The van der Waals surface area contributed by atoms with E-state index in [0.29, 0.717) is 29.4 Å². The van der Waals surface area contributed by atoms with Gasteiger partial charge in [0.05, 0.1) is 10.9 Å². The Kier molecular flexibility index (Phi) is 2.87. The predicted octanol–water partition coefficient (Wildman–Crippen LogP) is 2.88. The highest BCUT2D eigenvalue weighted by Crippen LogP contribution is 2.33. The molecular formula is C17H10F2N4O2. The van der Waals surface area contributed by atoms with Crippen LogP contribution >= 0.6 is 0 Å². The van der Waals surface area contributed by atoms with Gasteiger partial charge in [0.25, 0.3) is 0 Å². The molecule has 0 radical (unpaired) electrons. The first kappa shape index (κ1) is 14.1. The van der Waals surface area contributed by atoms with Crippen molar-refractivity contribution >= 4 is 16.6 Å². The Hall–Kier alpha value is -3.29. The van der Waals surface area contributed by atoms with Crippen LogP contribution in [0.2, 0.25) is 0 Å². The Bertz CT molecular complexity index is 1140. The van der Waals surface area contributed by atoms with Crippen LogP contribution in [-0.2, 0) is 6.42 Å². The molecule has 1 aliphatic heterocycles. The predicted molar refractivity (Wildman–Crippen MR) is 83.6 cm³/mol. The van der Waals surface area contributed by atoms with Crippen LogP contribution in [0.5, 0.6) is 11.5 Å². The lowest BCUT2D eigenvalue weighted by Crippen LogP contribution is -2.05. The molecule has 0 amide bonds. The molecule has 0 unspecified atom stereocenters. The molecule has 0 atom stereocenters. The zero-order valence-electron chi connectivity index (χ0n) is 12.7. The summed E-state index contributed by atoms with van der Waals surface area (Å²) in [5.41, 5.74) is 1.41. The number of benzene rings is 2. The average Bonchev–Trinajstić information content (AvgIpc) is 3.22. The first-order valence-electron chi connectivity index (χ1n) is 7.55. The normalized spacial score (nSPS) is 13.0. The number of aromatic nitrogens is 4. The molecule has 2 aromatic heterocycles. The number of hydrogen-bond acceptors (Lipinski definition) is 5. The van der Waals surface area contributed by atoms with E-state index in [-0.39, 0.29) is 17.7 Å². The summed E-state index contributed by atoms with van der Waals surface area (Å²) in [5.74, 6) is 0.463. The third kappa shape index (κ3) is 2.18. The molecule has 0 saturated heterocycles. The highest BCUT2D eigenvalue weighted by atomic mass is 19.1. The van der Waals surface area contributed by atoms with Gasteiger partial charge in [-0.25, -0.2) is 18.7 Å². The Morgan fingerprint density at radius 2 is 1.96 bits per heavy atom. The molecule has 8 heteroatoms. The van der Waals surface area contributed by atoms with E-state index in [2.05, 4.69) is 15.1 Å². The monoisotopic (exact) mass is 340 g/mol. The van der Waals surface area contributed by atoms with Crippen LogP contribution in [0, 0.1) is 11.6 Å². The first-order valence-corrected chi connectivity index (χ1v) is 7.55. The van der Waals surface area contributed by atoms with E-state index in [1.165, 1.54) is 16.9 Å². The Morgan fingerprint density at radius 3 is 2.88 bits per heavy atom. The number of rotatable bonds is 2. The fourth-order valence-corrected chi connectivity index (χ4v) is 3.00. The highest BCUT2D eigenvalue weighted by molar-refractivity contribution is 5.91. The third-order valence-electron chi connectivity index (χ3n) is 4.10. The van der Waals surface area contributed by atoms with E-state index in [4.69, 9.17) is 9.47 Å². The lowest BCUT2D eigenvalue weighted by Gasteiger charge is -2.08. The number of halogens is 2. The summed E-state index contributed by atoms with van der Waals surface area (Å²) in [6, 6.07) is 7.56. The van der Waals surface area contributed by atoms with Gasteiger partial charge >= 0.3 is 0 Å². The summed E-state index contributed by atoms with van der Waals surface area (Å²) in [4.78, 5) is 8.50. The molecule has 1 aliphatic rings. The smallest absolute Gasteiger partial charge is 0.231 e. The molecule has 0 fully saturated rings. The summed E-state index contributed by atoms with van der Waals surface area (Å²) in [6.07, 6.45) is 1.72. The van der Waals surface area contributed by atoms with Crippen molar-refractivity contribution in [3.8, 4) is 11.5 Å². The minimum atomic E-state index is -0.713. The standard InChI is InChI=1S/C17H10F2N4O2/c18-10-5-11(19)16-12(6-10)22-15(23-17(16)20-7-21-23)4-9-1-2-13-14(3-9)25-8-24-13/h1-3,5-7H,4,8H2. The minimum absolute atomic E-state index is 0.147. The molecule has 0 N–H and O–H groups in total. The van der Waals surface area contributed by atoms with Gasteiger partial charge < -0.3 is 9.47 Å². The van der Waals surface area contributed by atoms with Gasteiger partial charge in [0.1, 0.15) is 23.8 Å². The second kappa shape index (κ2) is 5.10. The maximum atomic E-state index is 14.2. The van der Waals surface area contributed by atoms with E-state index >= 15 is 0 Å². The van der Waals surface area contributed by atoms with Gasteiger partial charge in [-0.1, -0.05) is 6.07 Å². The van der Waals surface area contributed by atoms with Crippen LogP contribution in [0.3, 0.4) is 0 Å². The molecule has 25 heavy (non-hydrogen) atoms. The van der Waals surface area contributed by atoms with Crippen molar-refractivity contribution in [1.29, 1.82) is 0 Å². The van der Waals surface area contributed by atoms with Crippen molar-refractivity contribution in [2.45, 2.75) is 6.42 Å². The van der Waals surface area contributed by atoms with Crippen LogP contribution in [0.1, 0.15) is 11.4 Å². The van der Waals surface area contributed by atoms with Crippen molar-refractivity contribution in [3.05, 3.63) is 59.7 Å². The zero-order chi connectivity index (χ0) is 17.0. The molecule has 124 valence electrons. The topological polar surface area (TPSA) is 61.5 Å². The summed E-state index contributed by atoms with van der Waals surface area (Å²) in [6.45, 7) is 0.193. The van der Waals surface area contributed by atoms with Crippen molar-refractivity contribution < 1.29 is 18.3 Å². The molecule has 2 aromatic carbocycles. The van der Waals surface area contributed by atoms with Gasteiger partial charge in [0.15, 0.2) is 17.1 Å². The number of fused-ring (bicyclic) bond motifs is 4. The number of ether oxygens (including phenoxy) is 2. The lowest BCUT2D eigenvalue weighted by atomic mass is 10.1. The highest BCUT2D eigenvalue weighted by Gasteiger charge is 2.17. The maximum absolute atomic E-state index is 14.2. The van der Waals surface area contributed by atoms with Crippen LogP contribution in [0.15, 0.2) is 36.7 Å². The van der Waals surface area contributed by atoms with Crippen molar-refractivity contribution in [1.82, 2.24) is 19.6 Å². The Labute approximate surface area is 139 Å². The molecule has 0 spiro atoms. The Morgan fingerprint density at radius 1 is 1.08 bits per heavy atom. The second-order valence-corrected chi connectivity index (χ2v) is 5.67. The molecule has 6 nitrogen and oxygen atoms in total. The lowest BCUT2D eigenvalue weighted by molar-refractivity contribution is 0.174. The quantitative estimate of drug-likeness (QED) is 0.561. The van der Waals surface area contributed by atoms with Crippen LogP contribution in [0.25, 0.3) is 16.6 Å².